The highest BCUT2D eigenvalue weighted by Gasteiger charge is 2.53. The SMILES string of the molecule is COC1=CC2=C(C3Oc4c(OC)cccc4C(=O)C13)[C@H](O)[C@@H](Br)C(C)(C)O2. The van der Waals surface area contributed by atoms with E-state index < -0.39 is 23.7 Å². The summed E-state index contributed by atoms with van der Waals surface area (Å²) in [5.74, 6) is 0.951. The summed E-state index contributed by atoms with van der Waals surface area (Å²) < 4.78 is 23.2. The molecular weight excluding hydrogens is 416 g/mol. The van der Waals surface area contributed by atoms with Gasteiger partial charge in [0.15, 0.2) is 17.3 Å². The first-order valence-electron chi connectivity index (χ1n) is 8.68. The normalized spacial score (nSPS) is 30.9. The first-order chi connectivity index (χ1) is 12.8. The molecule has 1 aromatic carbocycles. The predicted octanol–water partition coefficient (Wildman–Crippen LogP) is 2.99. The summed E-state index contributed by atoms with van der Waals surface area (Å²) in [5.41, 5.74) is 0.325. The smallest absolute Gasteiger partial charge is 0.181 e. The molecule has 3 aliphatic rings. The number of methoxy groups -OCH3 is 2. The van der Waals surface area contributed by atoms with E-state index in [0.717, 1.165) is 0 Å². The number of benzene rings is 1. The predicted molar refractivity (Wildman–Crippen MR) is 101 cm³/mol. The standard InChI is InChI=1S/C20H21BrO6/c1-20(2)19(21)16(23)14-12(27-20)8-11(25-4)13-15(22)9-6-5-7-10(24-3)17(9)26-18(13)14/h5-8,13,16,18-19,23H,1-4H3/t13?,16-,18?,19+/m0/s1. The van der Waals surface area contributed by atoms with Gasteiger partial charge in [-0.05, 0) is 26.0 Å². The van der Waals surface area contributed by atoms with Gasteiger partial charge in [-0.25, -0.2) is 0 Å². The lowest BCUT2D eigenvalue weighted by Crippen LogP contribution is -2.54. The van der Waals surface area contributed by atoms with Crippen LogP contribution in [0.3, 0.4) is 0 Å². The summed E-state index contributed by atoms with van der Waals surface area (Å²) in [6, 6.07) is 5.19. The van der Waals surface area contributed by atoms with Crippen LogP contribution < -0.4 is 9.47 Å². The van der Waals surface area contributed by atoms with E-state index in [1.165, 1.54) is 14.2 Å². The van der Waals surface area contributed by atoms with Crippen LogP contribution in [0.25, 0.3) is 0 Å². The van der Waals surface area contributed by atoms with E-state index in [2.05, 4.69) is 15.9 Å². The summed E-state index contributed by atoms with van der Waals surface area (Å²) >= 11 is 3.53. The van der Waals surface area contributed by atoms with Crippen molar-refractivity contribution in [2.45, 2.75) is 36.5 Å². The second-order valence-electron chi connectivity index (χ2n) is 7.34. The number of aliphatic hydroxyl groups is 1. The molecule has 2 heterocycles. The molecule has 144 valence electrons. The molecule has 0 saturated heterocycles. The van der Waals surface area contributed by atoms with Crippen LogP contribution in [-0.4, -0.2) is 47.7 Å². The number of halogens is 1. The summed E-state index contributed by atoms with van der Waals surface area (Å²) in [5, 5.41) is 11.0. The second kappa shape index (κ2) is 6.27. The van der Waals surface area contributed by atoms with Gasteiger partial charge >= 0.3 is 0 Å². The Hall–Kier alpha value is -1.99. The topological polar surface area (TPSA) is 74.2 Å². The number of carbonyl (C=O) groups excluding carboxylic acids is 1. The van der Waals surface area contributed by atoms with E-state index in [9.17, 15) is 9.90 Å². The lowest BCUT2D eigenvalue weighted by Gasteiger charge is -2.46. The number of aliphatic hydroxyl groups excluding tert-OH is 1. The molecule has 0 bridgehead atoms. The minimum absolute atomic E-state index is 0.136. The number of allylic oxidation sites excluding steroid dienone is 1. The number of alkyl halides is 1. The minimum Gasteiger partial charge on any atom is -0.500 e. The monoisotopic (exact) mass is 436 g/mol. The molecule has 4 atom stereocenters. The van der Waals surface area contributed by atoms with Crippen LogP contribution in [0.1, 0.15) is 24.2 Å². The molecule has 4 rings (SSSR count). The van der Waals surface area contributed by atoms with Crippen molar-refractivity contribution in [2.24, 2.45) is 5.92 Å². The number of rotatable bonds is 2. The zero-order valence-corrected chi connectivity index (χ0v) is 17.1. The molecule has 0 spiro atoms. The maximum atomic E-state index is 13.3. The summed E-state index contributed by atoms with van der Waals surface area (Å²) in [7, 11) is 3.04. The molecule has 27 heavy (non-hydrogen) atoms. The van der Waals surface area contributed by atoms with Crippen molar-refractivity contribution in [3.05, 3.63) is 46.9 Å². The van der Waals surface area contributed by atoms with Gasteiger partial charge in [0.25, 0.3) is 0 Å². The Labute approximate surface area is 165 Å². The van der Waals surface area contributed by atoms with Crippen LogP contribution in [0.4, 0.5) is 0 Å². The zero-order chi connectivity index (χ0) is 19.5. The number of ketones is 1. The van der Waals surface area contributed by atoms with E-state index in [4.69, 9.17) is 18.9 Å². The van der Waals surface area contributed by atoms with Gasteiger partial charge in [-0.1, -0.05) is 22.0 Å². The van der Waals surface area contributed by atoms with Crippen LogP contribution in [0, 0.1) is 5.92 Å². The Bertz CT molecular complexity index is 871. The van der Waals surface area contributed by atoms with E-state index in [1.54, 1.807) is 24.3 Å². The van der Waals surface area contributed by atoms with E-state index in [-0.39, 0.29) is 10.6 Å². The highest BCUT2D eigenvalue weighted by molar-refractivity contribution is 9.09. The molecule has 1 N–H and O–H groups in total. The van der Waals surface area contributed by atoms with Crippen LogP contribution in [0.2, 0.25) is 0 Å². The number of fused-ring (bicyclic) bond motifs is 3. The molecule has 1 aromatic rings. The fourth-order valence-electron chi connectivity index (χ4n) is 3.92. The van der Waals surface area contributed by atoms with Crippen LogP contribution in [0.5, 0.6) is 11.5 Å². The number of hydrogen-bond acceptors (Lipinski definition) is 6. The van der Waals surface area contributed by atoms with E-state index >= 15 is 0 Å². The molecule has 6 nitrogen and oxygen atoms in total. The number of ether oxygens (including phenoxy) is 4. The first-order valence-corrected chi connectivity index (χ1v) is 9.60. The van der Waals surface area contributed by atoms with Crippen LogP contribution in [-0.2, 0) is 9.47 Å². The van der Waals surface area contributed by atoms with Gasteiger partial charge in [0.05, 0.1) is 30.7 Å². The molecular formula is C20H21BrO6. The van der Waals surface area contributed by atoms with Crippen LogP contribution in [0.15, 0.2) is 41.4 Å². The van der Waals surface area contributed by atoms with Crippen molar-refractivity contribution in [2.75, 3.05) is 14.2 Å². The van der Waals surface area contributed by atoms with Crippen molar-refractivity contribution < 1.29 is 28.8 Å². The van der Waals surface area contributed by atoms with E-state index in [1.807, 2.05) is 13.8 Å². The number of carbonyl (C=O) groups is 1. The summed E-state index contributed by atoms with van der Waals surface area (Å²) in [6.45, 7) is 3.77. The van der Waals surface area contributed by atoms with Crippen molar-refractivity contribution in [1.29, 1.82) is 0 Å². The Morgan fingerprint density at radius 3 is 2.63 bits per heavy atom. The average Bonchev–Trinajstić information content (AvgIpc) is 2.64. The Morgan fingerprint density at radius 2 is 1.96 bits per heavy atom. The Kier molecular flexibility index (Phi) is 4.27. The largest absolute Gasteiger partial charge is 0.500 e. The highest BCUT2D eigenvalue weighted by Crippen LogP contribution is 2.49. The highest BCUT2D eigenvalue weighted by atomic mass is 79.9. The average molecular weight is 437 g/mol. The zero-order valence-electron chi connectivity index (χ0n) is 15.5. The molecule has 0 saturated carbocycles. The number of Topliss-reactive ketones (excluding diaryl/α,β-unsaturated/α-hetero) is 1. The molecule has 7 heteroatoms. The molecule has 0 aromatic heterocycles. The van der Waals surface area contributed by atoms with Gasteiger partial charge in [-0.2, -0.15) is 0 Å². The molecule has 2 unspecified atom stereocenters. The van der Waals surface area contributed by atoms with Gasteiger partial charge in [-0.15, -0.1) is 0 Å². The van der Waals surface area contributed by atoms with Crippen molar-refractivity contribution >= 4 is 21.7 Å². The van der Waals surface area contributed by atoms with Gasteiger partial charge in [0, 0.05) is 11.6 Å². The van der Waals surface area contributed by atoms with Crippen molar-refractivity contribution in [3.8, 4) is 11.5 Å². The van der Waals surface area contributed by atoms with E-state index in [0.29, 0.717) is 34.2 Å². The minimum atomic E-state index is -0.880. The van der Waals surface area contributed by atoms with Gasteiger partial charge in [0.2, 0.25) is 0 Å². The third-order valence-electron chi connectivity index (χ3n) is 5.33. The fourth-order valence-corrected chi connectivity index (χ4v) is 4.30. The van der Waals surface area contributed by atoms with Crippen LogP contribution >= 0.6 is 15.9 Å². The third-order valence-corrected chi connectivity index (χ3v) is 6.94. The Morgan fingerprint density at radius 1 is 1.22 bits per heavy atom. The Balaban J connectivity index is 1.89. The maximum Gasteiger partial charge on any atom is 0.181 e. The quantitative estimate of drug-likeness (QED) is 0.718. The summed E-state index contributed by atoms with van der Waals surface area (Å²) in [4.78, 5) is 12.9. The van der Waals surface area contributed by atoms with Crippen molar-refractivity contribution in [3.63, 3.8) is 0 Å². The first kappa shape index (κ1) is 18.4. The lowest BCUT2D eigenvalue weighted by molar-refractivity contribution is -0.0303. The fraction of sp³-hybridized carbons (Fsp3) is 0.450. The second-order valence-corrected chi connectivity index (χ2v) is 8.33. The molecule has 0 radical (unpaired) electrons. The third kappa shape index (κ3) is 2.59. The van der Waals surface area contributed by atoms with Gasteiger partial charge < -0.3 is 24.1 Å². The lowest BCUT2D eigenvalue weighted by atomic mass is 9.76. The molecule has 1 aliphatic carbocycles. The molecule has 0 fully saturated rings. The molecule has 2 aliphatic heterocycles. The van der Waals surface area contributed by atoms with Gasteiger partial charge in [0.1, 0.15) is 29.1 Å². The molecule has 0 amide bonds. The summed E-state index contributed by atoms with van der Waals surface area (Å²) in [6.07, 6.45) is 0.0737. The number of para-hydroxylation sites is 1. The van der Waals surface area contributed by atoms with Crippen molar-refractivity contribution in [1.82, 2.24) is 0 Å². The van der Waals surface area contributed by atoms with Gasteiger partial charge in [-0.3, -0.25) is 4.79 Å². The maximum absolute atomic E-state index is 13.3. The number of hydrogen-bond donors (Lipinski definition) is 1.